The van der Waals surface area contributed by atoms with Gasteiger partial charge in [-0.25, -0.2) is 9.36 Å². The Morgan fingerprint density at radius 2 is 1.11 bits per heavy atom. The van der Waals surface area contributed by atoms with Gasteiger partial charge in [-0.2, -0.15) is 0 Å². The number of nitrogens with one attached hydrogen (secondary N) is 5. The molecule has 2 saturated heterocycles. The Morgan fingerprint density at radius 1 is 0.684 bits per heavy atom. The summed E-state index contributed by atoms with van der Waals surface area (Å²) in [5.74, 6) is -2.80. The van der Waals surface area contributed by atoms with Crippen LogP contribution in [0.1, 0.15) is 71.8 Å². The molecule has 4 heterocycles. The fourth-order valence-electron chi connectivity index (χ4n) is 6.22. The number of amides is 5. The van der Waals surface area contributed by atoms with E-state index in [1.54, 1.807) is 6.92 Å². The van der Waals surface area contributed by atoms with Crippen molar-refractivity contribution in [2.45, 2.75) is 101 Å². The van der Waals surface area contributed by atoms with E-state index in [9.17, 15) is 54.6 Å². The molecule has 0 saturated carbocycles. The normalized spacial score (nSPS) is 27.2. The van der Waals surface area contributed by atoms with Crippen LogP contribution in [0.2, 0.25) is 0 Å². The topological polar surface area (TPSA) is 347 Å². The second-order valence-corrected chi connectivity index (χ2v) is 13.4. The van der Waals surface area contributed by atoms with E-state index in [0.29, 0.717) is 0 Å². The Labute approximate surface area is 323 Å². The molecular formula is C33H45N11O13. The quantitative estimate of drug-likeness (QED) is 0.0729. The van der Waals surface area contributed by atoms with E-state index >= 15 is 0 Å². The van der Waals surface area contributed by atoms with Gasteiger partial charge in [0.15, 0.2) is 12.5 Å². The highest BCUT2D eigenvalue weighted by Crippen LogP contribution is 2.29. The van der Waals surface area contributed by atoms with E-state index in [1.807, 2.05) is 0 Å². The van der Waals surface area contributed by atoms with Gasteiger partial charge >= 0.3 is 0 Å². The zero-order chi connectivity index (χ0) is 41.6. The number of anilines is 1. The second-order valence-electron chi connectivity index (χ2n) is 13.4. The highest BCUT2D eigenvalue weighted by molar-refractivity contribution is 6.02. The van der Waals surface area contributed by atoms with Crippen molar-refractivity contribution in [3.05, 3.63) is 53.1 Å². The molecule has 310 valence electrons. The number of nitrogens with zero attached hydrogens (tertiary/aromatic N) is 6. The van der Waals surface area contributed by atoms with Crippen molar-refractivity contribution in [1.29, 1.82) is 0 Å². The molecule has 1 aromatic carbocycles. The number of rotatable bonds is 14. The molecule has 0 bridgehead atoms. The maximum atomic E-state index is 13.4. The van der Waals surface area contributed by atoms with Crippen molar-refractivity contribution in [2.24, 2.45) is 0 Å². The summed E-state index contributed by atoms with van der Waals surface area (Å²) >= 11 is 0. The number of carbonyl (C=O) groups excluding carboxylic acids is 5. The molecule has 5 rings (SSSR count). The minimum atomic E-state index is -1.52. The van der Waals surface area contributed by atoms with Crippen LogP contribution >= 0.6 is 0 Å². The Bertz CT molecular complexity index is 1800. The van der Waals surface area contributed by atoms with Crippen LogP contribution in [0.3, 0.4) is 0 Å². The maximum absolute atomic E-state index is 13.4. The molecule has 57 heavy (non-hydrogen) atoms. The number of ether oxygens (including phenoxy) is 2. The summed E-state index contributed by atoms with van der Waals surface area (Å²) in [5, 5.41) is 89.9. The summed E-state index contributed by atoms with van der Waals surface area (Å²) < 4.78 is 13.7. The zero-order valence-electron chi connectivity index (χ0n) is 30.9. The number of aliphatic hydroxyl groups excluding tert-OH is 6. The van der Waals surface area contributed by atoms with Crippen molar-refractivity contribution < 1.29 is 64.1 Å². The summed E-state index contributed by atoms with van der Waals surface area (Å²) in [6.07, 6.45) is -8.00. The second kappa shape index (κ2) is 18.6. The highest BCUT2D eigenvalue weighted by Gasteiger charge is 2.47. The molecule has 2 fully saturated rings. The van der Waals surface area contributed by atoms with Crippen LogP contribution in [0.4, 0.5) is 5.69 Å². The third-order valence-corrected chi connectivity index (χ3v) is 9.10. The van der Waals surface area contributed by atoms with Gasteiger partial charge in [-0.05, 0) is 18.2 Å². The van der Waals surface area contributed by atoms with E-state index in [4.69, 9.17) is 9.47 Å². The molecule has 24 heteroatoms. The molecule has 5 amide bonds. The summed E-state index contributed by atoms with van der Waals surface area (Å²) in [4.78, 5) is 62.6. The molecular weight excluding hydrogens is 758 g/mol. The van der Waals surface area contributed by atoms with Crippen molar-refractivity contribution in [3.8, 4) is 0 Å². The summed E-state index contributed by atoms with van der Waals surface area (Å²) in [6, 6.07) is 1.67. The van der Waals surface area contributed by atoms with E-state index < -0.39 is 98.0 Å². The lowest BCUT2D eigenvalue weighted by Crippen LogP contribution is -2.62. The first-order valence-corrected chi connectivity index (χ1v) is 17.8. The first-order valence-electron chi connectivity index (χ1n) is 17.8. The molecule has 11 N–H and O–H groups in total. The third-order valence-electron chi connectivity index (χ3n) is 9.10. The van der Waals surface area contributed by atoms with E-state index in [0.717, 1.165) is 9.36 Å². The number of aliphatic hydroxyl groups is 6. The summed E-state index contributed by atoms with van der Waals surface area (Å²) in [5.41, 5.74) is 0.516. The minimum absolute atomic E-state index is 0.0192. The third kappa shape index (κ3) is 10.1. The highest BCUT2D eigenvalue weighted by atomic mass is 16.6. The number of hydrogen-bond acceptors (Lipinski definition) is 17. The maximum Gasteiger partial charge on any atom is 0.251 e. The predicted molar refractivity (Wildman–Crippen MR) is 189 cm³/mol. The molecule has 2 aromatic heterocycles. The number of hydrogen-bond donors (Lipinski definition) is 11. The largest absolute Gasteiger partial charge is 0.394 e. The smallest absolute Gasteiger partial charge is 0.251 e. The molecule has 0 radical (unpaired) electrons. The molecule has 2 aliphatic heterocycles. The predicted octanol–water partition coefficient (Wildman–Crippen LogP) is -4.69. The fourth-order valence-corrected chi connectivity index (χ4v) is 6.22. The Kier molecular flexibility index (Phi) is 14.0. The Morgan fingerprint density at radius 3 is 1.47 bits per heavy atom. The van der Waals surface area contributed by atoms with Crippen LogP contribution in [0.25, 0.3) is 0 Å². The van der Waals surface area contributed by atoms with E-state index in [2.05, 4.69) is 47.2 Å². The Hall–Kier alpha value is -5.47. The molecule has 24 nitrogen and oxygen atoms in total. The van der Waals surface area contributed by atoms with Crippen molar-refractivity contribution in [2.75, 3.05) is 18.5 Å². The van der Waals surface area contributed by atoms with Crippen molar-refractivity contribution in [1.82, 2.24) is 51.3 Å². The zero-order valence-corrected chi connectivity index (χ0v) is 30.9. The van der Waals surface area contributed by atoms with Gasteiger partial charge in [-0.15, -0.1) is 10.2 Å². The molecule has 2 aliphatic rings. The van der Waals surface area contributed by atoms with Gasteiger partial charge in [0.05, 0.1) is 38.7 Å². The van der Waals surface area contributed by atoms with Crippen LogP contribution in [0.15, 0.2) is 30.6 Å². The lowest BCUT2D eigenvalue weighted by atomic mass is 9.96. The number of aromatic nitrogens is 6. The van der Waals surface area contributed by atoms with Gasteiger partial charge in [0.25, 0.3) is 11.8 Å². The monoisotopic (exact) mass is 803 g/mol. The van der Waals surface area contributed by atoms with Crippen LogP contribution in [0, 0.1) is 0 Å². The average molecular weight is 804 g/mol. The first kappa shape index (κ1) is 42.7. The SMILES string of the molecule is CCC(=O)Nc1cc(C(=O)NCc2cn([C@H]3O[C@H](CO)[C@@H](O)[C@H](O)[C@H]3NC(C)=O)nn2)cc(C(=O)NCc2cn([C@H]3O[C@H](CO)[C@@H](O)[C@H](O)[C@H]3NC(C)=O)nn2)c1. The first-order chi connectivity index (χ1) is 27.1. The Balaban J connectivity index is 1.28. The van der Waals surface area contributed by atoms with Crippen LogP contribution in [-0.4, -0.2) is 152 Å². The van der Waals surface area contributed by atoms with Crippen LogP contribution in [0.5, 0.6) is 0 Å². The average Bonchev–Trinajstić information content (AvgIpc) is 3.86. The van der Waals surface area contributed by atoms with Gasteiger partial charge < -0.3 is 66.7 Å². The summed E-state index contributed by atoms with van der Waals surface area (Å²) in [6.45, 7) is 2.35. The lowest BCUT2D eigenvalue weighted by Gasteiger charge is -2.42. The lowest BCUT2D eigenvalue weighted by molar-refractivity contribution is -0.219. The van der Waals surface area contributed by atoms with Crippen molar-refractivity contribution >= 4 is 35.2 Å². The molecule has 0 spiro atoms. The fraction of sp³-hybridized carbons (Fsp3) is 0.545. The summed E-state index contributed by atoms with van der Waals surface area (Å²) in [7, 11) is 0. The molecule has 10 atom stereocenters. The van der Waals surface area contributed by atoms with Gasteiger partial charge in [0.2, 0.25) is 17.7 Å². The van der Waals surface area contributed by atoms with E-state index in [1.165, 1.54) is 44.4 Å². The minimum Gasteiger partial charge on any atom is -0.394 e. The number of benzene rings is 1. The molecule has 0 unspecified atom stereocenters. The molecule has 3 aromatic rings. The van der Waals surface area contributed by atoms with Crippen LogP contribution in [-0.2, 0) is 36.9 Å². The van der Waals surface area contributed by atoms with Crippen LogP contribution < -0.4 is 26.6 Å². The standard InChI is InChI=1S/C33H45N11O13/c1-4-23(49)38-18-6-16(30(54)34-8-19-10-43(41-39-19)32-24(36-14(2)47)28(52)26(50)21(12-45)56-32)5-17(7-18)31(55)35-9-20-11-44(42-40-20)33-25(37-15(3)48)29(53)27(51)22(13-46)57-33/h5-7,10-11,21-22,24-29,32-33,45-46,50-53H,4,8-9,12-13H2,1-3H3,(H,34,54)(H,35,55)(H,36,47)(H,37,48)(H,38,49)/t21-,22-,24-,25-,26-,27-,28-,29-,32+,33+/m1/s1. The van der Waals surface area contributed by atoms with Crippen molar-refractivity contribution in [3.63, 3.8) is 0 Å². The van der Waals surface area contributed by atoms with Gasteiger partial charge in [-0.1, -0.05) is 17.4 Å². The van der Waals surface area contributed by atoms with Gasteiger partial charge in [-0.3, -0.25) is 24.0 Å². The van der Waals surface area contributed by atoms with E-state index in [-0.39, 0.29) is 53.6 Å². The number of carbonyl (C=O) groups is 5. The molecule has 0 aliphatic carbocycles. The van der Waals surface area contributed by atoms with Gasteiger partial charge in [0, 0.05) is 37.1 Å². The van der Waals surface area contributed by atoms with Gasteiger partial charge in [0.1, 0.15) is 60.1 Å².